The summed E-state index contributed by atoms with van der Waals surface area (Å²) in [6, 6.07) is 0.354. The highest BCUT2D eigenvalue weighted by Gasteiger charge is 2.43. The zero-order chi connectivity index (χ0) is 13.6. The zero-order valence-electron chi connectivity index (χ0n) is 10.4. The van der Waals surface area contributed by atoms with E-state index >= 15 is 0 Å². The molecule has 0 spiro atoms. The predicted molar refractivity (Wildman–Crippen MR) is 66.4 cm³/mol. The monoisotopic (exact) mass is 291 g/mol. The van der Waals surface area contributed by atoms with Gasteiger partial charge < -0.3 is 4.57 Å². The van der Waals surface area contributed by atoms with Crippen molar-refractivity contribution in [2.75, 3.05) is 0 Å². The van der Waals surface area contributed by atoms with E-state index in [9.17, 15) is 13.2 Å². The summed E-state index contributed by atoms with van der Waals surface area (Å²) in [7, 11) is 0. The fraction of sp³-hybridized carbons (Fsp3) is 0.833. The van der Waals surface area contributed by atoms with Crippen LogP contribution in [0.4, 0.5) is 13.2 Å². The lowest BCUT2D eigenvalue weighted by Crippen LogP contribution is -2.29. The molecule has 106 valence electrons. The highest BCUT2D eigenvalue weighted by Crippen LogP contribution is 2.45. The van der Waals surface area contributed by atoms with E-state index in [-0.39, 0.29) is 18.8 Å². The zero-order valence-corrected chi connectivity index (χ0v) is 11.2. The molecule has 0 aliphatic heterocycles. The molecule has 1 aromatic heterocycles. The minimum atomic E-state index is -4.09. The molecule has 3 rings (SSSR count). The largest absolute Gasteiger partial charge is 0.391 e. The lowest BCUT2D eigenvalue weighted by atomic mass is 9.80. The highest BCUT2D eigenvalue weighted by molar-refractivity contribution is 7.71. The second-order valence-corrected chi connectivity index (χ2v) is 5.98. The number of halogens is 3. The molecule has 2 fully saturated rings. The SMILES string of the molecule is FC(F)(F)C1CCCC(c2n[nH]c(=S)n2C2CC2)C1. The number of aromatic nitrogens is 3. The predicted octanol–water partition coefficient (Wildman–Crippen LogP) is 4.11. The first-order chi connectivity index (χ1) is 8.97. The van der Waals surface area contributed by atoms with Crippen molar-refractivity contribution in [2.45, 2.75) is 56.7 Å². The van der Waals surface area contributed by atoms with Gasteiger partial charge in [-0.15, -0.1) is 0 Å². The highest BCUT2D eigenvalue weighted by atomic mass is 32.1. The van der Waals surface area contributed by atoms with E-state index in [4.69, 9.17) is 12.2 Å². The second-order valence-electron chi connectivity index (χ2n) is 5.59. The van der Waals surface area contributed by atoms with Crippen molar-refractivity contribution in [3.63, 3.8) is 0 Å². The maximum atomic E-state index is 12.9. The Morgan fingerprint density at radius 3 is 2.58 bits per heavy atom. The van der Waals surface area contributed by atoms with E-state index in [0.29, 0.717) is 17.2 Å². The molecule has 19 heavy (non-hydrogen) atoms. The van der Waals surface area contributed by atoms with Crippen molar-refractivity contribution in [3.8, 4) is 0 Å². The molecule has 0 radical (unpaired) electrons. The summed E-state index contributed by atoms with van der Waals surface area (Å²) in [6.07, 6.45) is -0.203. The maximum Gasteiger partial charge on any atom is 0.391 e. The van der Waals surface area contributed by atoms with Crippen molar-refractivity contribution >= 4 is 12.2 Å². The van der Waals surface area contributed by atoms with Gasteiger partial charge in [0.05, 0.1) is 5.92 Å². The Hall–Kier alpha value is -0.850. The molecule has 0 bridgehead atoms. The summed E-state index contributed by atoms with van der Waals surface area (Å²) < 4.78 is 41.0. The van der Waals surface area contributed by atoms with Gasteiger partial charge >= 0.3 is 6.18 Å². The van der Waals surface area contributed by atoms with Gasteiger partial charge in [-0.25, -0.2) is 0 Å². The number of nitrogens with one attached hydrogen (secondary N) is 1. The van der Waals surface area contributed by atoms with Gasteiger partial charge in [-0.05, 0) is 44.3 Å². The molecule has 2 aliphatic rings. The van der Waals surface area contributed by atoms with Crippen molar-refractivity contribution in [1.29, 1.82) is 0 Å². The molecule has 0 aromatic carbocycles. The number of alkyl halides is 3. The Bertz CT molecular complexity index is 515. The third-order valence-corrected chi connectivity index (χ3v) is 4.43. The van der Waals surface area contributed by atoms with Crippen LogP contribution in [-0.4, -0.2) is 20.9 Å². The van der Waals surface area contributed by atoms with Gasteiger partial charge in [0.2, 0.25) is 0 Å². The number of hydrogen-bond acceptors (Lipinski definition) is 2. The summed E-state index contributed by atoms with van der Waals surface area (Å²) in [5.41, 5.74) is 0. The summed E-state index contributed by atoms with van der Waals surface area (Å²) in [4.78, 5) is 0. The third-order valence-electron chi connectivity index (χ3n) is 4.15. The van der Waals surface area contributed by atoms with E-state index in [1.54, 1.807) is 0 Å². The molecule has 1 heterocycles. The number of hydrogen-bond donors (Lipinski definition) is 1. The Kier molecular flexibility index (Phi) is 3.19. The average Bonchev–Trinajstić information content (AvgIpc) is 3.12. The van der Waals surface area contributed by atoms with Crippen LogP contribution in [0, 0.1) is 10.7 Å². The molecule has 3 nitrogen and oxygen atoms in total. The molecule has 2 unspecified atom stereocenters. The summed E-state index contributed by atoms with van der Waals surface area (Å²) in [5.74, 6) is -0.570. The van der Waals surface area contributed by atoms with Crippen molar-refractivity contribution in [3.05, 3.63) is 10.6 Å². The minimum Gasteiger partial charge on any atom is -0.301 e. The molecular formula is C12H16F3N3S. The molecular weight excluding hydrogens is 275 g/mol. The van der Waals surface area contributed by atoms with Gasteiger partial charge in [0.1, 0.15) is 5.82 Å². The molecule has 2 atom stereocenters. The van der Waals surface area contributed by atoms with Crippen LogP contribution in [-0.2, 0) is 0 Å². The Balaban J connectivity index is 1.84. The van der Waals surface area contributed by atoms with Crippen LogP contribution in [0.3, 0.4) is 0 Å². The fourth-order valence-electron chi connectivity index (χ4n) is 3.01. The van der Waals surface area contributed by atoms with Crippen LogP contribution in [0.25, 0.3) is 0 Å². The molecule has 2 saturated carbocycles. The molecule has 0 saturated heterocycles. The standard InChI is InChI=1S/C12H16F3N3S/c13-12(14,15)8-3-1-2-7(6-8)10-16-17-11(19)18(10)9-4-5-9/h7-9H,1-6H2,(H,17,19). The summed E-state index contributed by atoms with van der Waals surface area (Å²) in [5, 5.41) is 6.94. The van der Waals surface area contributed by atoms with E-state index in [1.807, 2.05) is 4.57 Å². The van der Waals surface area contributed by atoms with Crippen LogP contribution in [0.5, 0.6) is 0 Å². The maximum absolute atomic E-state index is 12.9. The smallest absolute Gasteiger partial charge is 0.301 e. The van der Waals surface area contributed by atoms with Crippen LogP contribution >= 0.6 is 12.2 Å². The van der Waals surface area contributed by atoms with Gasteiger partial charge in [-0.3, -0.25) is 5.10 Å². The Labute approximate surface area is 114 Å². The van der Waals surface area contributed by atoms with Crippen LogP contribution in [0.1, 0.15) is 56.3 Å². The van der Waals surface area contributed by atoms with Crippen LogP contribution in [0.2, 0.25) is 0 Å². The lowest BCUT2D eigenvalue weighted by Gasteiger charge is -2.30. The van der Waals surface area contributed by atoms with Crippen molar-refractivity contribution in [2.24, 2.45) is 5.92 Å². The Morgan fingerprint density at radius 1 is 1.21 bits per heavy atom. The molecule has 2 aliphatic carbocycles. The van der Waals surface area contributed by atoms with Gasteiger partial charge in [0, 0.05) is 12.0 Å². The summed E-state index contributed by atoms with van der Waals surface area (Å²) >= 11 is 5.18. The third kappa shape index (κ3) is 2.57. The molecule has 1 aromatic rings. The molecule has 1 N–H and O–H groups in total. The first kappa shape index (κ1) is 13.1. The first-order valence-corrected chi connectivity index (χ1v) is 7.11. The molecule has 0 amide bonds. The van der Waals surface area contributed by atoms with Crippen molar-refractivity contribution in [1.82, 2.24) is 14.8 Å². The number of nitrogens with zero attached hydrogens (tertiary/aromatic N) is 2. The van der Waals surface area contributed by atoms with Gasteiger partial charge in [-0.2, -0.15) is 18.3 Å². The van der Waals surface area contributed by atoms with Gasteiger partial charge in [0.25, 0.3) is 0 Å². The summed E-state index contributed by atoms with van der Waals surface area (Å²) in [6.45, 7) is 0. The van der Waals surface area contributed by atoms with Crippen LogP contribution < -0.4 is 0 Å². The van der Waals surface area contributed by atoms with E-state index in [0.717, 1.165) is 25.1 Å². The van der Waals surface area contributed by atoms with Crippen LogP contribution in [0.15, 0.2) is 0 Å². The lowest BCUT2D eigenvalue weighted by molar-refractivity contribution is -0.183. The quantitative estimate of drug-likeness (QED) is 0.832. The minimum absolute atomic E-state index is 0.117. The van der Waals surface area contributed by atoms with E-state index in [1.165, 1.54) is 0 Å². The molecule has 7 heteroatoms. The van der Waals surface area contributed by atoms with E-state index in [2.05, 4.69) is 10.2 Å². The fourth-order valence-corrected chi connectivity index (χ4v) is 3.30. The van der Waals surface area contributed by atoms with Gasteiger partial charge in [0.15, 0.2) is 4.77 Å². The normalized spacial score (nSPS) is 28.6. The first-order valence-electron chi connectivity index (χ1n) is 6.70. The van der Waals surface area contributed by atoms with Crippen molar-refractivity contribution < 1.29 is 13.2 Å². The van der Waals surface area contributed by atoms with Gasteiger partial charge in [-0.1, -0.05) is 6.42 Å². The number of aromatic amines is 1. The second kappa shape index (κ2) is 4.61. The average molecular weight is 291 g/mol. The number of H-pyrrole nitrogens is 1. The topological polar surface area (TPSA) is 33.6 Å². The number of rotatable bonds is 2. The Morgan fingerprint density at radius 2 is 1.95 bits per heavy atom. The van der Waals surface area contributed by atoms with E-state index < -0.39 is 12.1 Å².